The van der Waals surface area contributed by atoms with E-state index >= 15 is 0 Å². The largest absolute Gasteiger partial charge is 0.481 e. The molecule has 7 heteroatoms. The van der Waals surface area contributed by atoms with Crippen molar-refractivity contribution in [3.8, 4) is 0 Å². The smallest absolute Gasteiger partial charge is 0.313 e. The highest BCUT2D eigenvalue weighted by Crippen LogP contribution is 2.31. The summed E-state index contributed by atoms with van der Waals surface area (Å²) in [6.45, 7) is 8.20. The van der Waals surface area contributed by atoms with Gasteiger partial charge in [0.15, 0.2) is 5.16 Å². The average Bonchev–Trinajstić information content (AvgIpc) is 2.79. The number of rotatable bonds is 8. The molecule has 6 nitrogen and oxygen atoms in total. The number of carbonyl (C=O) groups is 1. The van der Waals surface area contributed by atoms with Gasteiger partial charge in [-0.05, 0) is 39.5 Å². The third-order valence-electron chi connectivity index (χ3n) is 3.86. The number of aliphatic carboxylic acids is 1. The molecule has 1 aliphatic carbocycles. The van der Waals surface area contributed by atoms with Gasteiger partial charge in [-0.3, -0.25) is 9.36 Å². The predicted octanol–water partition coefficient (Wildman–Crippen LogP) is 2.66. The first kappa shape index (κ1) is 16.1. The van der Waals surface area contributed by atoms with Crippen LogP contribution >= 0.6 is 11.8 Å². The molecule has 21 heavy (non-hydrogen) atoms. The van der Waals surface area contributed by atoms with Crippen molar-refractivity contribution in [2.24, 2.45) is 5.92 Å². The van der Waals surface area contributed by atoms with E-state index in [1.54, 1.807) is 0 Å². The molecule has 2 rings (SSSR count). The van der Waals surface area contributed by atoms with E-state index in [1.807, 2.05) is 0 Å². The van der Waals surface area contributed by atoms with E-state index in [0.717, 1.165) is 25.0 Å². The maximum Gasteiger partial charge on any atom is 0.313 e. The Morgan fingerprint density at radius 1 is 1.48 bits per heavy atom. The number of anilines is 1. The number of carboxylic acids is 1. The third kappa shape index (κ3) is 3.90. The Balaban J connectivity index is 2.17. The molecule has 1 aliphatic rings. The van der Waals surface area contributed by atoms with Crippen molar-refractivity contribution >= 4 is 23.7 Å². The molecule has 118 valence electrons. The highest BCUT2D eigenvalue weighted by Gasteiger charge is 2.25. The number of hydrogen-bond donors (Lipinski definition) is 1. The van der Waals surface area contributed by atoms with E-state index < -0.39 is 5.97 Å². The summed E-state index contributed by atoms with van der Waals surface area (Å²) >= 11 is 1.23. The summed E-state index contributed by atoms with van der Waals surface area (Å²) in [6, 6.07) is 0.210. The molecule has 0 atom stereocenters. The molecule has 0 spiro atoms. The summed E-state index contributed by atoms with van der Waals surface area (Å²) in [4.78, 5) is 13.0. The van der Waals surface area contributed by atoms with Crippen LogP contribution in [0.25, 0.3) is 0 Å². The van der Waals surface area contributed by atoms with Gasteiger partial charge < -0.3 is 10.0 Å². The van der Waals surface area contributed by atoms with Crippen molar-refractivity contribution in [1.82, 2.24) is 14.8 Å². The van der Waals surface area contributed by atoms with Crippen molar-refractivity contribution in [1.29, 1.82) is 0 Å². The number of thioether (sulfide) groups is 1. The van der Waals surface area contributed by atoms with Crippen molar-refractivity contribution in [2.75, 3.05) is 23.7 Å². The lowest BCUT2D eigenvalue weighted by molar-refractivity contribution is -0.133. The summed E-state index contributed by atoms with van der Waals surface area (Å²) in [6.07, 6.45) is 3.93. The SMILES string of the molecule is CCN(CC1CCC1)c1nnc(SCC(=O)O)n1C(C)C. The van der Waals surface area contributed by atoms with Crippen LogP contribution in [0.1, 0.15) is 46.1 Å². The standard InChI is InChI=1S/C14H24N4O2S/c1-4-17(8-11-6-5-7-11)13-15-16-14(18(13)10(2)3)21-9-12(19)20/h10-11H,4-9H2,1-3H3,(H,19,20). The molecule has 1 saturated carbocycles. The first-order valence-corrected chi connectivity index (χ1v) is 8.55. The van der Waals surface area contributed by atoms with E-state index in [2.05, 4.69) is 40.4 Å². The highest BCUT2D eigenvalue weighted by atomic mass is 32.2. The average molecular weight is 312 g/mol. The van der Waals surface area contributed by atoms with Crippen molar-refractivity contribution < 1.29 is 9.90 Å². The minimum absolute atomic E-state index is 0.0135. The number of carboxylic acid groups (broad SMARTS) is 1. The Bertz CT molecular complexity index is 485. The van der Waals surface area contributed by atoms with Gasteiger partial charge in [-0.15, -0.1) is 10.2 Å². The molecule has 1 fully saturated rings. The second-order valence-electron chi connectivity index (χ2n) is 5.76. The van der Waals surface area contributed by atoms with Gasteiger partial charge in [0.2, 0.25) is 5.95 Å². The van der Waals surface area contributed by atoms with Crippen LogP contribution in [0, 0.1) is 5.92 Å². The monoisotopic (exact) mass is 312 g/mol. The van der Waals surface area contributed by atoms with Gasteiger partial charge in [0.1, 0.15) is 0 Å². The van der Waals surface area contributed by atoms with Crippen LogP contribution < -0.4 is 4.90 Å². The van der Waals surface area contributed by atoms with Gasteiger partial charge in [-0.2, -0.15) is 0 Å². The van der Waals surface area contributed by atoms with Crippen LogP contribution in [0.2, 0.25) is 0 Å². The number of hydrogen-bond acceptors (Lipinski definition) is 5. The molecule has 0 unspecified atom stereocenters. The van der Waals surface area contributed by atoms with Gasteiger partial charge in [-0.25, -0.2) is 0 Å². The molecule has 0 aliphatic heterocycles. The number of nitrogens with zero attached hydrogens (tertiary/aromatic N) is 4. The Hall–Kier alpha value is -1.24. The lowest BCUT2D eigenvalue weighted by atomic mass is 9.85. The van der Waals surface area contributed by atoms with E-state index in [4.69, 9.17) is 5.11 Å². The van der Waals surface area contributed by atoms with Crippen LogP contribution in [0.4, 0.5) is 5.95 Å². The van der Waals surface area contributed by atoms with Gasteiger partial charge in [0.05, 0.1) is 5.75 Å². The fraction of sp³-hybridized carbons (Fsp3) is 0.786. The summed E-state index contributed by atoms with van der Waals surface area (Å²) in [5, 5.41) is 18.0. The molecule has 0 amide bonds. The molecule has 0 saturated heterocycles. The second-order valence-corrected chi connectivity index (χ2v) is 6.71. The molecular weight excluding hydrogens is 288 g/mol. The molecule has 1 aromatic rings. The minimum Gasteiger partial charge on any atom is -0.481 e. The zero-order chi connectivity index (χ0) is 15.4. The summed E-state index contributed by atoms with van der Waals surface area (Å²) in [5.74, 6) is 0.811. The maximum atomic E-state index is 10.8. The molecule has 1 aromatic heterocycles. The quantitative estimate of drug-likeness (QED) is 0.744. The Morgan fingerprint density at radius 2 is 2.19 bits per heavy atom. The fourth-order valence-electron chi connectivity index (χ4n) is 2.50. The molecular formula is C14H24N4O2S. The van der Waals surface area contributed by atoms with Crippen LogP contribution in [0.15, 0.2) is 5.16 Å². The zero-order valence-corrected chi connectivity index (χ0v) is 13.8. The van der Waals surface area contributed by atoms with Crippen molar-refractivity contribution in [2.45, 2.75) is 51.2 Å². The van der Waals surface area contributed by atoms with Crippen LogP contribution in [0.5, 0.6) is 0 Å². The minimum atomic E-state index is -0.832. The molecule has 0 bridgehead atoms. The zero-order valence-electron chi connectivity index (χ0n) is 12.9. The Morgan fingerprint density at radius 3 is 2.67 bits per heavy atom. The molecule has 0 aromatic carbocycles. The first-order valence-electron chi connectivity index (χ1n) is 7.57. The first-order chi connectivity index (χ1) is 10.0. The Labute approximate surface area is 129 Å². The summed E-state index contributed by atoms with van der Waals surface area (Å²) in [5.41, 5.74) is 0. The van der Waals surface area contributed by atoms with Crippen molar-refractivity contribution in [3.63, 3.8) is 0 Å². The van der Waals surface area contributed by atoms with Gasteiger partial charge >= 0.3 is 5.97 Å². The number of aromatic nitrogens is 3. The van der Waals surface area contributed by atoms with Gasteiger partial charge in [-0.1, -0.05) is 18.2 Å². The third-order valence-corrected chi connectivity index (χ3v) is 4.78. The van der Waals surface area contributed by atoms with Crippen LogP contribution in [0.3, 0.4) is 0 Å². The topological polar surface area (TPSA) is 71.2 Å². The second kappa shape index (κ2) is 7.15. The molecule has 1 heterocycles. The van der Waals surface area contributed by atoms with Gasteiger partial charge in [0.25, 0.3) is 0 Å². The van der Waals surface area contributed by atoms with Gasteiger partial charge in [0, 0.05) is 19.1 Å². The van der Waals surface area contributed by atoms with Crippen LogP contribution in [-0.4, -0.2) is 44.7 Å². The summed E-state index contributed by atoms with van der Waals surface area (Å²) in [7, 11) is 0. The Kier molecular flexibility index (Phi) is 5.50. The van der Waals surface area contributed by atoms with Crippen LogP contribution in [-0.2, 0) is 4.79 Å². The molecule has 1 N–H and O–H groups in total. The normalized spacial score (nSPS) is 15.2. The van der Waals surface area contributed by atoms with E-state index in [-0.39, 0.29) is 11.8 Å². The van der Waals surface area contributed by atoms with Crippen molar-refractivity contribution in [3.05, 3.63) is 0 Å². The maximum absolute atomic E-state index is 10.8. The lowest BCUT2D eigenvalue weighted by Gasteiger charge is -2.32. The van der Waals surface area contributed by atoms with E-state index in [1.165, 1.54) is 31.0 Å². The fourth-order valence-corrected chi connectivity index (χ4v) is 3.28. The molecule has 0 radical (unpaired) electrons. The van der Waals surface area contributed by atoms with E-state index in [0.29, 0.717) is 5.16 Å². The van der Waals surface area contributed by atoms with E-state index in [9.17, 15) is 4.79 Å². The predicted molar refractivity (Wildman–Crippen MR) is 84.0 cm³/mol. The highest BCUT2D eigenvalue weighted by molar-refractivity contribution is 7.99. The summed E-state index contributed by atoms with van der Waals surface area (Å²) < 4.78 is 2.05. The lowest BCUT2D eigenvalue weighted by Crippen LogP contribution is -2.34.